The van der Waals surface area contributed by atoms with Crippen LogP contribution in [0, 0.1) is 0 Å². The molecule has 7 heteroatoms. The standard InChI is InChI=1S/C12H17ClN4O2/c1-15-11-9(13)6-8(7-17-11)12(19)16-5-3-2-4-10(14)18/h6-7H,2-5H2,1H3,(H2,14,18)(H,15,17)(H,16,19). The maximum absolute atomic E-state index is 11.8. The highest BCUT2D eigenvalue weighted by Crippen LogP contribution is 2.19. The fraction of sp³-hybridized carbons (Fsp3) is 0.417. The predicted molar refractivity (Wildman–Crippen MR) is 74.2 cm³/mol. The summed E-state index contributed by atoms with van der Waals surface area (Å²) < 4.78 is 0. The predicted octanol–water partition coefficient (Wildman–Crippen LogP) is 1.16. The number of nitrogens with zero attached hydrogens (tertiary/aromatic N) is 1. The van der Waals surface area contributed by atoms with Crippen LogP contribution < -0.4 is 16.4 Å². The van der Waals surface area contributed by atoms with Crippen molar-refractivity contribution in [1.29, 1.82) is 0 Å². The Kier molecular flexibility index (Phi) is 6.08. The average Bonchev–Trinajstić information content (AvgIpc) is 2.37. The molecule has 0 aliphatic heterocycles. The number of anilines is 1. The third kappa shape index (κ3) is 5.13. The van der Waals surface area contributed by atoms with E-state index in [-0.39, 0.29) is 11.8 Å². The molecular formula is C12H17ClN4O2. The van der Waals surface area contributed by atoms with Gasteiger partial charge in [-0.2, -0.15) is 0 Å². The Morgan fingerprint density at radius 3 is 2.74 bits per heavy atom. The largest absolute Gasteiger partial charge is 0.372 e. The van der Waals surface area contributed by atoms with E-state index >= 15 is 0 Å². The maximum atomic E-state index is 11.8. The zero-order chi connectivity index (χ0) is 14.3. The number of carbonyl (C=O) groups excluding carboxylic acids is 2. The van der Waals surface area contributed by atoms with E-state index in [2.05, 4.69) is 15.6 Å². The highest BCUT2D eigenvalue weighted by Gasteiger charge is 2.08. The molecule has 4 N–H and O–H groups in total. The van der Waals surface area contributed by atoms with Crippen LogP contribution >= 0.6 is 11.6 Å². The number of unbranched alkanes of at least 4 members (excludes halogenated alkanes) is 1. The Morgan fingerprint density at radius 1 is 1.42 bits per heavy atom. The van der Waals surface area contributed by atoms with Crippen LogP contribution in [0.3, 0.4) is 0 Å². The molecule has 0 aliphatic rings. The van der Waals surface area contributed by atoms with Crippen molar-refractivity contribution in [1.82, 2.24) is 10.3 Å². The van der Waals surface area contributed by atoms with Crippen molar-refractivity contribution in [3.63, 3.8) is 0 Å². The first kappa shape index (κ1) is 15.2. The molecule has 0 spiro atoms. The molecule has 0 saturated carbocycles. The molecule has 104 valence electrons. The highest BCUT2D eigenvalue weighted by atomic mass is 35.5. The molecule has 0 radical (unpaired) electrons. The molecular weight excluding hydrogens is 268 g/mol. The van der Waals surface area contributed by atoms with Crippen LogP contribution in [-0.2, 0) is 4.79 Å². The minimum Gasteiger partial charge on any atom is -0.372 e. The lowest BCUT2D eigenvalue weighted by Gasteiger charge is -2.07. The van der Waals surface area contributed by atoms with Crippen molar-refractivity contribution < 1.29 is 9.59 Å². The number of pyridine rings is 1. The fourth-order valence-corrected chi connectivity index (χ4v) is 1.74. The van der Waals surface area contributed by atoms with Crippen LogP contribution in [-0.4, -0.2) is 30.4 Å². The number of hydrogen-bond acceptors (Lipinski definition) is 4. The van der Waals surface area contributed by atoms with E-state index in [0.29, 0.717) is 42.2 Å². The molecule has 1 aromatic rings. The second-order valence-electron chi connectivity index (χ2n) is 3.98. The molecule has 6 nitrogen and oxygen atoms in total. The van der Waals surface area contributed by atoms with Gasteiger partial charge in [-0.3, -0.25) is 9.59 Å². The van der Waals surface area contributed by atoms with Gasteiger partial charge >= 0.3 is 0 Å². The lowest BCUT2D eigenvalue weighted by Crippen LogP contribution is -2.25. The first-order valence-corrected chi connectivity index (χ1v) is 6.32. The topological polar surface area (TPSA) is 97.1 Å². The number of primary amides is 1. The summed E-state index contributed by atoms with van der Waals surface area (Å²) in [5.41, 5.74) is 5.42. The van der Waals surface area contributed by atoms with Gasteiger partial charge in [-0.15, -0.1) is 0 Å². The van der Waals surface area contributed by atoms with Crippen molar-refractivity contribution in [3.8, 4) is 0 Å². The fourth-order valence-electron chi connectivity index (χ4n) is 1.47. The number of carbonyl (C=O) groups is 2. The second-order valence-corrected chi connectivity index (χ2v) is 4.39. The van der Waals surface area contributed by atoms with E-state index in [0.717, 1.165) is 0 Å². The number of nitrogens with one attached hydrogen (secondary N) is 2. The Labute approximate surface area is 116 Å². The highest BCUT2D eigenvalue weighted by molar-refractivity contribution is 6.33. The third-order valence-corrected chi connectivity index (χ3v) is 2.76. The molecule has 0 aromatic carbocycles. The SMILES string of the molecule is CNc1ncc(C(=O)NCCCCC(N)=O)cc1Cl. The summed E-state index contributed by atoms with van der Waals surface area (Å²) in [5, 5.41) is 5.93. The minimum absolute atomic E-state index is 0.240. The van der Waals surface area contributed by atoms with Crippen LogP contribution in [0.25, 0.3) is 0 Å². The van der Waals surface area contributed by atoms with Gasteiger partial charge in [0.1, 0.15) is 5.82 Å². The summed E-state index contributed by atoms with van der Waals surface area (Å²) in [5.74, 6) is -0.0410. The summed E-state index contributed by atoms with van der Waals surface area (Å²) in [6, 6.07) is 1.55. The van der Waals surface area contributed by atoms with Gasteiger partial charge in [-0.05, 0) is 18.9 Å². The summed E-state index contributed by atoms with van der Waals surface area (Å²) in [6.45, 7) is 0.484. The zero-order valence-electron chi connectivity index (χ0n) is 10.7. The quantitative estimate of drug-likeness (QED) is 0.655. The number of halogens is 1. The Bertz CT molecular complexity index is 465. The first-order valence-electron chi connectivity index (χ1n) is 5.94. The number of amides is 2. The Hall–Kier alpha value is -1.82. The summed E-state index contributed by atoms with van der Waals surface area (Å²) in [7, 11) is 1.70. The van der Waals surface area contributed by atoms with Gasteiger partial charge in [-0.1, -0.05) is 11.6 Å². The van der Waals surface area contributed by atoms with Crippen LogP contribution in [0.1, 0.15) is 29.6 Å². The molecule has 0 bridgehead atoms. The number of aromatic nitrogens is 1. The van der Waals surface area contributed by atoms with E-state index in [1.165, 1.54) is 6.20 Å². The average molecular weight is 285 g/mol. The number of nitrogens with two attached hydrogens (primary N) is 1. The molecule has 0 atom stereocenters. The molecule has 0 aliphatic carbocycles. The lowest BCUT2D eigenvalue weighted by atomic mass is 10.2. The van der Waals surface area contributed by atoms with Gasteiger partial charge in [0.05, 0.1) is 10.6 Å². The molecule has 0 fully saturated rings. The molecule has 1 rings (SSSR count). The van der Waals surface area contributed by atoms with Crippen LogP contribution in [0.15, 0.2) is 12.3 Å². The van der Waals surface area contributed by atoms with Crippen LogP contribution in [0.5, 0.6) is 0 Å². The van der Waals surface area contributed by atoms with Crippen molar-refractivity contribution in [2.24, 2.45) is 5.73 Å². The van der Waals surface area contributed by atoms with Crippen LogP contribution in [0.2, 0.25) is 5.02 Å². The van der Waals surface area contributed by atoms with Gasteiger partial charge in [0.2, 0.25) is 5.91 Å². The second kappa shape index (κ2) is 7.58. The van der Waals surface area contributed by atoms with Crippen LogP contribution in [0.4, 0.5) is 5.82 Å². The van der Waals surface area contributed by atoms with E-state index in [4.69, 9.17) is 17.3 Å². The minimum atomic E-state index is -0.329. The number of rotatable bonds is 7. The van der Waals surface area contributed by atoms with E-state index < -0.39 is 0 Å². The van der Waals surface area contributed by atoms with Crippen molar-refractivity contribution >= 4 is 29.2 Å². The van der Waals surface area contributed by atoms with Crippen molar-refractivity contribution in [3.05, 3.63) is 22.8 Å². The molecule has 1 aromatic heterocycles. The van der Waals surface area contributed by atoms with Gasteiger partial charge in [0.15, 0.2) is 0 Å². The Morgan fingerprint density at radius 2 is 2.16 bits per heavy atom. The van der Waals surface area contributed by atoms with Gasteiger partial charge in [0, 0.05) is 26.2 Å². The van der Waals surface area contributed by atoms with Crippen molar-refractivity contribution in [2.45, 2.75) is 19.3 Å². The smallest absolute Gasteiger partial charge is 0.252 e. The molecule has 19 heavy (non-hydrogen) atoms. The lowest BCUT2D eigenvalue weighted by molar-refractivity contribution is -0.118. The van der Waals surface area contributed by atoms with Gasteiger partial charge < -0.3 is 16.4 Å². The summed E-state index contributed by atoms with van der Waals surface area (Å²) in [6.07, 6.45) is 3.15. The Balaban J connectivity index is 2.41. The maximum Gasteiger partial charge on any atom is 0.252 e. The number of hydrogen-bond donors (Lipinski definition) is 3. The van der Waals surface area contributed by atoms with E-state index in [1.807, 2.05) is 0 Å². The van der Waals surface area contributed by atoms with Gasteiger partial charge in [-0.25, -0.2) is 4.98 Å². The summed E-state index contributed by atoms with van der Waals surface area (Å²) in [4.78, 5) is 26.3. The molecule has 0 saturated heterocycles. The molecule has 0 unspecified atom stereocenters. The summed E-state index contributed by atoms with van der Waals surface area (Å²) >= 11 is 5.94. The van der Waals surface area contributed by atoms with Crippen molar-refractivity contribution in [2.75, 3.05) is 18.9 Å². The first-order chi connectivity index (χ1) is 9.04. The van der Waals surface area contributed by atoms with E-state index in [9.17, 15) is 9.59 Å². The monoisotopic (exact) mass is 284 g/mol. The molecule has 2 amide bonds. The van der Waals surface area contributed by atoms with Gasteiger partial charge in [0.25, 0.3) is 5.91 Å². The normalized spacial score (nSPS) is 10.0. The third-order valence-electron chi connectivity index (χ3n) is 2.48. The van der Waals surface area contributed by atoms with E-state index in [1.54, 1.807) is 13.1 Å². The zero-order valence-corrected chi connectivity index (χ0v) is 11.5. The molecule has 1 heterocycles.